The summed E-state index contributed by atoms with van der Waals surface area (Å²) in [5.41, 5.74) is 4.95. The highest BCUT2D eigenvalue weighted by Gasteiger charge is 2.34. The second kappa shape index (κ2) is 11.4. The van der Waals surface area contributed by atoms with E-state index in [4.69, 9.17) is 9.47 Å². The van der Waals surface area contributed by atoms with Gasteiger partial charge in [-0.3, -0.25) is 9.97 Å². The summed E-state index contributed by atoms with van der Waals surface area (Å²) in [6.07, 6.45) is 4.14. The molecule has 2 heterocycles. The third-order valence-corrected chi connectivity index (χ3v) is 6.42. The van der Waals surface area contributed by atoms with E-state index in [9.17, 15) is 14.9 Å². The Labute approximate surface area is 225 Å². The van der Waals surface area contributed by atoms with E-state index in [2.05, 4.69) is 26.7 Å². The van der Waals surface area contributed by atoms with Crippen LogP contribution in [0.3, 0.4) is 0 Å². The van der Waals surface area contributed by atoms with E-state index in [0.29, 0.717) is 51.8 Å². The number of methoxy groups -OCH3 is 1. The van der Waals surface area contributed by atoms with Gasteiger partial charge in [0, 0.05) is 18.1 Å². The molecule has 194 valence electrons. The Balaban J connectivity index is 1.49. The summed E-state index contributed by atoms with van der Waals surface area (Å²) in [6, 6.07) is 20.9. The van der Waals surface area contributed by atoms with Crippen LogP contribution in [0.1, 0.15) is 34.7 Å². The minimum Gasteiger partial charge on any atom is -0.497 e. The lowest BCUT2D eigenvalue weighted by Gasteiger charge is -2.29. The van der Waals surface area contributed by atoms with Crippen molar-refractivity contribution in [3.8, 4) is 11.8 Å². The van der Waals surface area contributed by atoms with Crippen molar-refractivity contribution in [2.24, 2.45) is 0 Å². The van der Waals surface area contributed by atoms with Crippen molar-refractivity contribution in [1.29, 1.82) is 5.26 Å². The fourth-order valence-corrected chi connectivity index (χ4v) is 4.52. The summed E-state index contributed by atoms with van der Waals surface area (Å²) in [7, 11) is 1.60. The predicted octanol–water partition coefficient (Wildman–Crippen LogP) is 4.49. The minimum absolute atomic E-state index is 0.0229. The Hall–Kier alpha value is -5.23. The first kappa shape index (κ1) is 25.4. The van der Waals surface area contributed by atoms with Gasteiger partial charge in [0.2, 0.25) is 0 Å². The Kier molecular flexibility index (Phi) is 7.46. The molecule has 9 heteroatoms. The summed E-state index contributed by atoms with van der Waals surface area (Å²) >= 11 is 0. The van der Waals surface area contributed by atoms with Crippen LogP contribution in [0.5, 0.6) is 5.75 Å². The van der Waals surface area contributed by atoms with Crippen molar-refractivity contribution in [2.45, 2.75) is 25.5 Å². The van der Waals surface area contributed by atoms with Crippen LogP contribution in [0.25, 0.3) is 11.0 Å². The molecule has 2 amide bonds. The van der Waals surface area contributed by atoms with Crippen molar-refractivity contribution >= 4 is 23.0 Å². The highest BCUT2D eigenvalue weighted by Crippen LogP contribution is 2.31. The number of nitrogens with zero attached hydrogens (tertiary/aromatic N) is 3. The Morgan fingerprint density at radius 3 is 2.59 bits per heavy atom. The lowest BCUT2D eigenvalue weighted by molar-refractivity contribution is -0.140. The summed E-state index contributed by atoms with van der Waals surface area (Å²) in [4.78, 5) is 35.1. The molecule has 0 aliphatic carbocycles. The molecule has 0 bridgehead atoms. The van der Waals surface area contributed by atoms with E-state index < -0.39 is 18.0 Å². The third-order valence-electron chi connectivity index (χ3n) is 6.42. The number of nitriles is 1. The van der Waals surface area contributed by atoms with Crippen LogP contribution in [0.2, 0.25) is 0 Å². The molecule has 9 nitrogen and oxygen atoms in total. The Bertz CT molecular complexity index is 1630. The van der Waals surface area contributed by atoms with E-state index in [1.54, 1.807) is 49.8 Å². The van der Waals surface area contributed by atoms with Crippen molar-refractivity contribution in [2.75, 3.05) is 7.11 Å². The molecule has 3 aromatic carbocycles. The number of rotatable bonds is 8. The van der Waals surface area contributed by atoms with Crippen LogP contribution < -0.4 is 15.4 Å². The molecule has 4 aromatic rings. The molecule has 1 aromatic heterocycles. The van der Waals surface area contributed by atoms with Gasteiger partial charge in [-0.2, -0.15) is 5.26 Å². The van der Waals surface area contributed by atoms with Crippen LogP contribution in [0, 0.1) is 11.3 Å². The number of amides is 2. The molecule has 2 N–H and O–H groups in total. The SMILES string of the molecule is COc1cccc(CCC2=C(C(=O)OCc3cccc(C#N)c3)C(c3ccc4nccnc4c3)NC(=O)N2)c1. The number of benzene rings is 3. The second-order valence-electron chi connectivity index (χ2n) is 8.97. The molecule has 1 atom stereocenters. The van der Waals surface area contributed by atoms with Crippen molar-refractivity contribution in [1.82, 2.24) is 20.6 Å². The maximum Gasteiger partial charge on any atom is 0.338 e. The van der Waals surface area contributed by atoms with Crippen LogP contribution >= 0.6 is 0 Å². The molecule has 39 heavy (non-hydrogen) atoms. The topological polar surface area (TPSA) is 126 Å². The number of carbonyl (C=O) groups is 2. The quantitative estimate of drug-likeness (QED) is 0.328. The molecule has 0 spiro atoms. The number of carbonyl (C=O) groups excluding carboxylic acids is 2. The van der Waals surface area contributed by atoms with Gasteiger partial charge in [-0.25, -0.2) is 9.59 Å². The minimum atomic E-state index is -0.761. The molecule has 0 fully saturated rings. The number of hydrogen-bond acceptors (Lipinski definition) is 7. The van der Waals surface area contributed by atoms with Gasteiger partial charge in [-0.05, 0) is 65.9 Å². The number of allylic oxidation sites excluding steroid dienone is 1. The zero-order valence-electron chi connectivity index (χ0n) is 21.2. The molecule has 5 rings (SSSR count). The van der Waals surface area contributed by atoms with E-state index in [1.807, 2.05) is 36.4 Å². The van der Waals surface area contributed by atoms with Crippen molar-refractivity contribution in [3.05, 3.63) is 113 Å². The first-order valence-electron chi connectivity index (χ1n) is 12.3. The smallest absolute Gasteiger partial charge is 0.338 e. The van der Waals surface area contributed by atoms with Gasteiger partial charge in [0.15, 0.2) is 0 Å². The van der Waals surface area contributed by atoms with Gasteiger partial charge in [0.05, 0.1) is 41.4 Å². The Morgan fingerprint density at radius 1 is 0.974 bits per heavy atom. The van der Waals surface area contributed by atoms with Gasteiger partial charge in [0.25, 0.3) is 0 Å². The van der Waals surface area contributed by atoms with Gasteiger partial charge in [-0.1, -0.05) is 30.3 Å². The van der Waals surface area contributed by atoms with Crippen LogP contribution in [0.15, 0.2) is 90.4 Å². The zero-order valence-corrected chi connectivity index (χ0v) is 21.2. The maximum absolute atomic E-state index is 13.6. The number of aromatic nitrogens is 2. The fraction of sp³-hybridized carbons (Fsp3) is 0.167. The first-order chi connectivity index (χ1) is 19.0. The molecular formula is C30H25N5O4. The molecule has 1 aliphatic rings. The van der Waals surface area contributed by atoms with Crippen LogP contribution in [0.4, 0.5) is 4.79 Å². The summed E-state index contributed by atoms with van der Waals surface area (Å²) in [5, 5.41) is 14.9. The standard InChI is InChI=1S/C30H25N5O4/c1-38-23-7-3-4-19(15-23)8-10-25-27(29(36)39-18-21-6-2-5-20(14-21)17-31)28(35-30(37)34-25)22-9-11-24-26(16-22)33-13-12-32-24/h2-7,9,11-16,28H,8,10,18H2,1H3,(H2,34,35,37). The molecular weight excluding hydrogens is 494 g/mol. The largest absolute Gasteiger partial charge is 0.497 e. The first-order valence-corrected chi connectivity index (χ1v) is 12.3. The zero-order chi connectivity index (χ0) is 27.2. The average Bonchev–Trinajstić information content (AvgIpc) is 2.98. The predicted molar refractivity (Wildman–Crippen MR) is 143 cm³/mol. The number of hydrogen-bond donors (Lipinski definition) is 2. The molecule has 0 saturated heterocycles. The highest BCUT2D eigenvalue weighted by molar-refractivity contribution is 5.95. The Morgan fingerprint density at radius 2 is 1.77 bits per heavy atom. The van der Waals surface area contributed by atoms with Gasteiger partial charge in [-0.15, -0.1) is 0 Å². The summed E-state index contributed by atoms with van der Waals surface area (Å²) in [5.74, 6) is 0.153. The van der Waals surface area contributed by atoms with Crippen LogP contribution in [-0.2, 0) is 22.6 Å². The van der Waals surface area contributed by atoms with Gasteiger partial charge in [0.1, 0.15) is 12.4 Å². The molecule has 0 saturated carbocycles. The normalized spacial score (nSPS) is 14.8. The lowest BCUT2D eigenvalue weighted by Crippen LogP contribution is -2.46. The van der Waals surface area contributed by atoms with E-state index in [-0.39, 0.29) is 6.61 Å². The van der Waals surface area contributed by atoms with Gasteiger partial charge < -0.3 is 20.1 Å². The number of ether oxygens (including phenoxy) is 2. The van der Waals surface area contributed by atoms with Crippen LogP contribution in [-0.4, -0.2) is 29.1 Å². The third kappa shape index (κ3) is 5.86. The van der Waals surface area contributed by atoms with Crippen molar-refractivity contribution < 1.29 is 19.1 Å². The summed E-state index contributed by atoms with van der Waals surface area (Å²) < 4.78 is 11.0. The number of fused-ring (bicyclic) bond motifs is 1. The number of urea groups is 1. The highest BCUT2D eigenvalue weighted by atomic mass is 16.5. The number of nitrogens with one attached hydrogen (secondary N) is 2. The van der Waals surface area contributed by atoms with E-state index >= 15 is 0 Å². The molecule has 1 unspecified atom stereocenters. The molecule has 1 aliphatic heterocycles. The van der Waals surface area contributed by atoms with E-state index in [1.165, 1.54) is 0 Å². The maximum atomic E-state index is 13.6. The van der Waals surface area contributed by atoms with Gasteiger partial charge >= 0.3 is 12.0 Å². The monoisotopic (exact) mass is 519 g/mol. The summed E-state index contributed by atoms with van der Waals surface area (Å²) in [6.45, 7) is -0.0229. The number of esters is 1. The lowest BCUT2D eigenvalue weighted by atomic mass is 9.92. The molecule has 0 radical (unpaired) electrons. The van der Waals surface area contributed by atoms with E-state index in [0.717, 1.165) is 11.3 Å². The fourth-order valence-electron chi connectivity index (χ4n) is 4.52. The average molecular weight is 520 g/mol. The second-order valence-corrected chi connectivity index (χ2v) is 8.97. The van der Waals surface area contributed by atoms with Crippen molar-refractivity contribution in [3.63, 3.8) is 0 Å². The number of aryl methyl sites for hydroxylation is 1.